The fourth-order valence-corrected chi connectivity index (χ4v) is 5.70. The normalized spacial score (nSPS) is 15.7. The minimum Gasteiger partial charge on any atom is -0.379 e. The number of thiophene rings is 1. The van der Waals surface area contributed by atoms with Crippen molar-refractivity contribution in [3.05, 3.63) is 81.5 Å². The number of rotatable bonds is 8. The zero-order valence-corrected chi connectivity index (χ0v) is 20.1. The summed E-state index contributed by atoms with van der Waals surface area (Å²) in [6, 6.07) is 16.4. The number of halogens is 1. The van der Waals surface area contributed by atoms with Crippen LogP contribution in [0, 0.1) is 0 Å². The topological polar surface area (TPSA) is 87.7 Å². The van der Waals surface area contributed by atoms with E-state index in [1.165, 1.54) is 17.0 Å². The van der Waals surface area contributed by atoms with Crippen LogP contribution in [0.15, 0.2) is 70.9 Å². The van der Waals surface area contributed by atoms with Crippen LogP contribution in [0.25, 0.3) is 0 Å². The summed E-state index contributed by atoms with van der Waals surface area (Å²) in [6.45, 7) is 3.33. The first-order valence-corrected chi connectivity index (χ1v) is 13.2. The maximum atomic E-state index is 12.9. The summed E-state index contributed by atoms with van der Waals surface area (Å²) in [7, 11) is -3.86. The van der Waals surface area contributed by atoms with Gasteiger partial charge in [0.25, 0.3) is 15.9 Å². The molecule has 1 aromatic heterocycles. The van der Waals surface area contributed by atoms with E-state index in [4.69, 9.17) is 16.3 Å². The van der Waals surface area contributed by atoms with Gasteiger partial charge >= 0.3 is 0 Å². The first kappa shape index (κ1) is 23.7. The van der Waals surface area contributed by atoms with Gasteiger partial charge in [-0.2, -0.15) is 0 Å². The Morgan fingerprint density at radius 1 is 1.09 bits per heavy atom. The summed E-state index contributed by atoms with van der Waals surface area (Å²) in [5, 5.41) is 5.50. The largest absolute Gasteiger partial charge is 0.379 e. The summed E-state index contributed by atoms with van der Waals surface area (Å²) in [4.78, 5) is 16.4. The van der Waals surface area contributed by atoms with Gasteiger partial charge < -0.3 is 10.1 Å². The van der Waals surface area contributed by atoms with Crippen molar-refractivity contribution in [2.45, 2.75) is 10.9 Å². The highest BCUT2D eigenvalue weighted by Gasteiger charge is 2.24. The number of morpholine rings is 1. The molecular weight excluding hydrogens is 482 g/mol. The third-order valence-corrected chi connectivity index (χ3v) is 7.92. The molecule has 4 rings (SSSR count). The highest BCUT2D eigenvalue weighted by Crippen LogP contribution is 2.26. The van der Waals surface area contributed by atoms with E-state index in [1.807, 2.05) is 11.4 Å². The number of carbonyl (C=O) groups is 1. The quantitative estimate of drug-likeness (QED) is 0.483. The molecule has 1 aliphatic heterocycles. The van der Waals surface area contributed by atoms with Crippen LogP contribution in [0.4, 0.5) is 5.69 Å². The van der Waals surface area contributed by atoms with E-state index in [0.29, 0.717) is 30.5 Å². The third-order valence-electron chi connectivity index (χ3n) is 5.32. The number of hydrogen-bond acceptors (Lipinski definition) is 6. The Labute approximate surface area is 202 Å². The molecule has 10 heteroatoms. The van der Waals surface area contributed by atoms with E-state index in [2.05, 4.69) is 21.0 Å². The van der Waals surface area contributed by atoms with Crippen molar-refractivity contribution in [3.63, 3.8) is 0 Å². The summed E-state index contributed by atoms with van der Waals surface area (Å²) >= 11 is 7.51. The molecule has 7 nitrogen and oxygen atoms in total. The molecule has 0 bridgehead atoms. The molecule has 1 saturated heterocycles. The number of anilines is 1. The van der Waals surface area contributed by atoms with Gasteiger partial charge in [0.2, 0.25) is 0 Å². The smallest absolute Gasteiger partial charge is 0.261 e. The fourth-order valence-electron chi connectivity index (χ4n) is 3.61. The van der Waals surface area contributed by atoms with Crippen LogP contribution in [-0.4, -0.2) is 52.1 Å². The second-order valence-electron chi connectivity index (χ2n) is 7.53. The Hall–Kier alpha value is -2.43. The summed E-state index contributed by atoms with van der Waals surface area (Å²) in [5.74, 6) is -0.326. The Kier molecular flexibility index (Phi) is 7.67. The van der Waals surface area contributed by atoms with Gasteiger partial charge in [-0.05, 0) is 53.9 Å². The van der Waals surface area contributed by atoms with E-state index in [-0.39, 0.29) is 22.4 Å². The summed E-state index contributed by atoms with van der Waals surface area (Å²) < 4.78 is 33.6. The molecule has 0 saturated carbocycles. The van der Waals surface area contributed by atoms with E-state index < -0.39 is 10.0 Å². The molecule has 0 aliphatic carbocycles. The number of hydrogen-bond donors (Lipinski definition) is 2. The summed E-state index contributed by atoms with van der Waals surface area (Å²) in [6.07, 6.45) is 0. The van der Waals surface area contributed by atoms with Crippen molar-refractivity contribution in [3.8, 4) is 0 Å². The fraction of sp³-hybridized carbons (Fsp3) is 0.261. The van der Waals surface area contributed by atoms with Gasteiger partial charge in [-0.1, -0.05) is 23.7 Å². The van der Waals surface area contributed by atoms with E-state index in [1.54, 1.807) is 47.7 Å². The van der Waals surface area contributed by atoms with Gasteiger partial charge in [-0.25, -0.2) is 8.42 Å². The van der Waals surface area contributed by atoms with Crippen LogP contribution in [0.1, 0.15) is 21.3 Å². The average Bonchev–Trinajstić information content (AvgIpc) is 3.36. The Morgan fingerprint density at radius 3 is 2.55 bits per heavy atom. The highest BCUT2D eigenvalue weighted by atomic mass is 35.5. The van der Waals surface area contributed by atoms with Crippen LogP contribution in [0.5, 0.6) is 0 Å². The van der Waals surface area contributed by atoms with Crippen LogP contribution in [-0.2, 0) is 14.8 Å². The standard InChI is InChI=1S/C23H24ClN3O4S2/c24-18-6-8-19(9-7-18)26-33(29,30)20-4-1-3-17(15-20)23(28)25-16-21(22-5-2-14-32-22)27-10-12-31-13-11-27/h1-9,14-15,21,26H,10-13,16H2,(H,25,28)/t21-/m0/s1. The number of ether oxygens (including phenoxy) is 1. The first-order valence-electron chi connectivity index (χ1n) is 10.4. The predicted molar refractivity (Wildman–Crippen MR) is 130 cm³/mol. The van der Waals surface area contributed by atoms with Crippen LogP contribution in [0.3, 0.4) is 0 Å². The molecule has 3 aromatic rings. The Bertz CT molecular complexity index is 1180. The minimum atomic E-state index is -3.86. The molecule has 0 spiro atoms. The van der Waals surface area contributed by atoms with Crippen molar-refractivity contribution >= 4 is 44.6 Å². The van der Waals surface area contributed by atoms with E-state index >= 15 is 0 Å². The van der Waals surface area contributed by atoms with E-state index in [9.17, 15) is 13.2 Å². The molecule has 33 heavy (non-hydrogen) atoms. The molecule has 0 radical (unpaired) electrons. The zero-order chi connectivity index (χ0) is 23.3. The molecule has 2 N–H and O–H groups in total. The second-order valence-corrected chi connectivity index (χ2v) is 10.6. The lowest BCUT2D eigenvalue weighted by molar-refractivity contribution is 0.0169. The lowest BCUT2D eigenvalue weighted by atomic mass is 10.1. The molecule has 1 fully saturated rings. The number of nitrogens with one attached hydrogen (secondary N) is 2. The third kappa shape index (κ3) is 6.13. The van der Waals surface area contributed by atoms with Gasteiger partial charge in [0, 0.05) is 40.8 Å². The van der Waals surface area contributed by atoms with Crippen molar-refractivity contribution in [1.29, 1.82) is 0 Å². The Morgan fingerprint density at radius 2 is 1.85 bits per heavy atom. The van der Waals surface area contributed by atoms with Crippen molar-refractivity contribution in [2.75, 3.05) is 37.6 Å². The number of amides is 1. The monoisotopic (exact) mass is 505 g/mol. The molecule has 2 aromatic carbocycles. The predicted octanol–water partition coefficient (Wildman–Crippen LogP) is 4.01. The molecule has 2 heterocycles. The van der Waals surface area contributed by atoms with Gasteiger partial charge in [0.05, 0.1) is 24.2 Å². The lowest BCUT2D eigenvalue weighted by Gasteiger charge is -2.34. The van der Waals surface area contributed by atoms with Crippen molar-refractivity contribution in [1.82, 2.24) is 10.2 Å². The van der Waals surface area contributed by atoms with Crippen molar-refractivity contribution < 1.29 is 17.9 Å². The highest BCUT2D eigenvalue weighted by molar-refractivity contribution is 7.92. The molecule has 0 unspecified atom stereocenters. The van der Waals surface area contributed by atoms with Gasteiger partial charge in [-0.15, -0.1) is 11.3 Å². The minimum absolute atomic E-state index is 0.00749. The van der Waals surface area contributed by atoms with Crippen molar-refractivity contribution in [2.24, 2.45) is 0 Å². The molecular formula is C23H24ClN3O4S2. The molecule has 174 valence electrons. The maximum absolute atomic E-state index is 12.9. The zero-order valence-electron chi connectivity index (χ0n) is 17.7. The average molecular weight is 506 g/mol. The van der Waals surface area contributed by atoms with Gasteiger partial charge in [0.1, 0.15) is 0 Å². The lowest BCUT2D eigenvalue weighted by Crippen LogP contribution is -2.43. The SMILES string of the molecule is O=C(NC[C@@H](c1cccs1)N1CCOCC1)c1cccc(S(=O)(=O)Nc2ccc(Cl)cc2)c1. The van der Waals surface area contributed by atoms with Gasteiger partial charge in [0.15, 0.2) is 0 Å². The van der Waals surface area contributed by atoms with Gasteiger partial charge in [-0.3, -0.25) is 14.4 Å². The van der Waals surface area contributed by atoms with Crippen LogP contribution >= 0.6 is 22.9 Å². The summed E-state index contributed by atoms with van der Waals surface area (Å²) in [5.41, 5.74) is 0.666. The van der Waals surface area contributed by atoms with Crippen LogP contribution in [0.2, 0.25) is 5.02 Å². The second kappa shape index (κ2) is 10.7. The number of benzene rings is 2. The number of carbonyl (C=O) groups excluding carboxylic acids is 1. The van der Waals surface area contributed by atoms with E-state index in [0.717, 1.165) is 13.1 Å². The van der Waals surface area contributed by atoms with Crippen LogP contribution < -0.4 is 10.0 Å². The number of nitrogens with zero attached hydrogens (tertiary/aromatic N) is 1. The Balaban J connectivity index is 1.46. The maximum Gasteiger partial charge on any atom is 0.261 e. The molecule has 1 atom stereocenters. The molecule has 1 amide bonds. The number of sulfonamides is 1. The first-order chi connectivity index (χ1) is 15.9. The molecule has 1 aliphatic rings.